The molecule has 0 unspecified atom stereocenters. The second-order valence-electron chi connectivity index (χ2n) is 7.46. The monoisotopic (exact) mass is 446 g/mol. The number of carbonyl (C=O) groups is 1. The molecular weight excluding hydrogens is 420 g/mol. The molecule has 1 aromatic carbocycles. The van der Waals surface area contributed by atoms with Gasteiger partial charge in [0.1, 0.15) is 18.1 Å². The molecule has 0 aliphatic carbocycles. The van der Waals surface area contributed by atoms with Gasteiger partial charge in [-0.3, -0.25) is 24.3 Å². The third-order valence-electron chi connectivity index (χ3n) is 5.28. The maximum absolute atomic E-state index is 13.2. The van der Waals surface area contributed by atoms with Gasteiger partial charge in [0.15, 0.2) is 0 Å². The van der Waals surface area contributed by atoms with Gasteiger partial charge in [-0.2, -0.15) is 0 Å². The number of anilines is 3. The molecule has 1 amide bonds. The summed E-state index contributed by atoms with van der Waals surface area (Å²) in [6.45, 7) is 1.01. The van der Waals surface area contributed by atoms with E-state index < -0.39 is 28.6 Å². The summed E-state index contributed by atoms with van der Waals surface area (Å²) in [5.74, 6) is -0.619. The Hall–Kier alpha value is -3.67. The van der Waals surface area contributed by atoms with E-state index in [1.807, 2.05) is 4.90 Å². The van der Waals surface area contributed by atoms with Crippen molar-refractivity contribution in [3.63, 3.8) is 0 Å². The first-order valence-electron chi connectivity index (χ1n) is 10.2. The highest BCUT2D eigenvalue weighted by molar-refractivity contribution is 5.91. The van der Waals surface area contributed by atoms with Crippen molar-refractivity contribution in [2.75, 3.05) is 42.8 Å². The van der Waals surface area contributed by atoms with Gasteiger partial charge in [-0.05, 0) is 25.3 Å². The number of aromatic nitrogens is 2. The van der Waals surface area contributed by atoms with Gasteiger partial charge in [0.2, 0.25) is 5.91 Å². The summed E-state index contributed by atoms with van der Waals surface area (Å²) in [5, 5.41) is 13.4. The zero-order valence-corrected chi connectivity index (χ0v) is 17.8. The number of piperidine rings is 1. The average Bonchev–Trinajstić information content (AvgIpc) is 2.77. The number of nitrogens with two attached hydrogens (primary N) is 1. The molecule has 1 fully saturated rings. The van der Waals surface area contributed by atoms with E-state index in [4.69, 9.17) is 10.5 Å². The largest absolute Gasteiger partial charge is 0.383 e. The van der Waals surface area contributed by atoms with Crippen LogP contribution in [0.15, 0.2) is 33.9 Å². The van der Waals surface area contributed by atoms with E-state index in [0.717, 1.165) is 23.8 Å². The summed E-state index contributed by atoms with van der Waals surface area (Å²) in [6.07, 6.45) is 2.83. The quantitative estimate of drug-likeness (QED) is 0.445. The number of methoxy groups -OCH3 is 1. The van der Waals surface area contributed by atoms with Crippen LogP contribution in [-0.2, 0) is 22.6 Å². The van der Waals surface area contributed by atoms with Crippen LogP contribution in [0, 0.1) is 10.1 Å². The van der Waals surface area contributed by atoms with E-state index in [1.165, 1.54) is 35.9 Å². The fourth-order valence-corrected chi connectivity index (χ4v) is 3.70. The van der Waals surface area contributed by atoms with Crippen molar-refractivity contribution < 1.29 is 14.5 Å². The minimum atomic E-state index is -0.723. The number of rotatable bonds is 8. The lowest BCUT2D eigenvalue weighted by molar-refractivity contribution is -0.384. The van der Waals surface area contributed by atoms with Crippen LogP contribution >= 0.6 is 0 Å². The van der Waals surface area contributed by atoms with Gasteiger partial charge in [0, 0.05) is 38.0 Å². The summed E-state index contributed by atoms with van der Waals surface area (Å²) < 4.78 is 7.12. The number of nitrogens with zero attached hydrogens (tertiary/aromatic N) is 4. The number of ether oxygens (including phenoxy) is 1. The average molecular weight is 446 g/mol. The third-order valence-corrected chi connectivity index (χ3v) is 5.28. The number of carbonyl (C=O) groups excluding carboxylic acids is 1. The minimum absolute atomic E-state index is 0.0503. The van der Waals surface area contributed by atoms with Gasteiger partial charge in [-0.15, -0.1) is 0 Å². The zero-order chi connectivity index (χ0) is 23.3. The molecular formula is C20H26N6O6. The van der Waals surface area contributed by atoms with Crippen molar-refractivity contribution in [2.45, 2.75) is 32.4 Å². The van der Waals surface area contributed by atoms with Crippen molar-refractivity contribution in [2.24, 2.45) is 0 Å². The van der Waals surface area contributed by atoms with Crippen LogP contribution in [0.4, 0.5) is 22.9 Å². The Morgan fingerprint density at radius 1 is 1.22 bits per heavy atom. The van der Waals surface area contributed by atoms with Crippen LogP contribution in [0.1, 0.15) is 19.3 Å². The molecule has 0 atom stereocenters. The first-order chi connectivity index (χ1) is 15.3. The first kappa shape index (κ1) is 23.0. The Morgan fingerprint density at radius 2 is 1.94 bits per heavy atom. The molecule has 2 heterocycles. The molecule has 0 spiro atoms. The van der Waals surface area contributed by atoms with Crippen molar-refractivity contribution in [3.05, 3.63) is 55.2 Å². The maximum Gasteiger partial charge on any atom is 0.333 e. The van der Waals surface area contributed by atoms with Gasteiger partial charge in [0.25, 0.3) is 11.2 Å². The smallest absolute Gasteiger partial charge is 0.333 e. The Bertz CT molecular complexity index is 1120. The van der Waals surface area contributed by atoms with E-state index >= 15 is 0 Å². The fourth-order valence-electron chi connectivity index (χ4n) is 3.70. The Morgan fingerprint density at radius 3 is 2.59 bits per heavy atom. The predicted molar refractivity (Wildman–Crippen MR) is 119 cm³/mol. The highest BCUT2D eigenvalue weighted by Crippen LogP contribution is 2.22. The second kappa shape index (κ2) is 10.1. The SMILES string of the molecule is COCCn1c(N)c(N2CCCCC2)c(=O)n(CC(=O)Nc2cccc([N+](=O)[O-])c2)c1=O. The zero-order valence-electron chi connectivity index (χ0n) is 17.8. The highest BCUT2D eigenvalue weighted by atomic mass is 16.6. The van der Waals surface area contributed by atoms with E-state index in [-0.39, 0.29) is 36.0 Å². The fraction of sp³-hybridized carbons (Fsp3) is 0.450. The Balaban J connectivity index is 1.96. The number of nitrogen functional groups attached to an aromatic ring is 1. The molecule has 1 aromatic heterocycles. The number of nitrogens with one attached hydrogen (secondary N) is 1. The summed E-state index contributed by atoms with van der Waals surface area (Å²) >= 11 is 0. The van der Waals surface area contributed by atoms with Crippen LogP contribution in [0.2, 0.25) is 0 Å². The summed E-state index contributed by atoms with van der Waals surface area (Å²) in [4.78, 5) is 51.0. The van der Waals surface area contributed by atoms with Gasteiger partial charge < -0.3 is 20.7 Å². The lowest BCUT2D eigenvalue weighted by Gasteiger charge is -2.30. The number of hydrogen-bond acceptors (Lipinski definition) is 8. The number of nitro benzene ring substituents is 1. The predicted octanol–water partition coefficient (Wildman–Crippen LogP) is 0.776. The van der Waals surface area contributed by atoms with E-state index in [2.05, 4.69) is 5.32 Å². The Kier molecular flexibility index (Phi) is 7.25. The lowest BCUT2D eigenvalue weighted by Crippen LogP contribution is -2.47. The molecule has 1 saturated heterocycles. The highest BCUT2D eigenvalue weighted by Gasteiger charge is 2.24. The molecule has 0 radical (unpaired) electrons. The molecule has 1 aliphatic rings. The number of non-ortho nitro benzene ring substituents is 1. The molecule has 12 nitrogen and oxygen atoms in total. The number of benzene rings is 1. The summed E-state index contributed by atoms with van der Waals surface area (Å²) in [6, 6.07) is 5.39. The van der Waals surface area contributed by atoms with Crippen LogP contribution in [0.3, 0.4) is 0 Å². The lowest BCUT2D eigenvalue weighted by atomic mass is 10.1. The molecule has 1 aliphatic heterocycles. The van der Waals surface area contributed by atoms with Gasteiger partial charge >= 0.3 is 5.69 Å². The second-order valence-corrected chi connectivity index (χ2v) is 7.46. The van der Waals surface area contributed by atoms with Gasteiger partial charge in [0.05, 0.1) is 18.1 Å². The third kappa shape index (κ3) is 4.97. The molecule has 0 bridgehead atoms. The van der Waals surface area contributed by atoms with E-state index in [1.54, 1.807) is 0 Å². The maximum atomic E-state index is 13.2. The number of amides is 1. The van der Waals surface area contributed by atoms with Crippen LogP contribution in [-0.4, -0.2) is 46.8 Å². The molecule has 0 saturated carbocycles. The summed E-state index contributed by atoms with van der Waals surface area (Å²) in [5.41, 5.74) is 5.04. The van der Waals surface area contributed by atoms with Crippen molar-refractivity contribution in [1.29, 1.82) is 0 Å². The standard InChI is InChI=1S/C20H26N6O6/c1-32-11-10-24-18(21)17(23-8-3-2-4-9-23)19(28)25(20(24)29)13-16(27)22-14-6-5-7-15(12-14)26(30)31/h5-7,12H,2-4,8-11,13,21H2,1H3,(H,22,27). The van der Waals surface area contributed by atoms with Crippen molar-refractivity contribution in [1.82, 2.24) is 9.13 Å². The molecule has 32 heavy (non-hydrogen) atoms. The van der Waals surface area contributed by atoms with Crippen molar-refractivity contribution >= 4 is 28.8 Å². The normalized spacial score (nSPS) is 13.7. The topological polar surface area (TPSA) is 155 Å². The van der Waals surface area contributed by atoms with Gasteiger partial charge in [-0.1, -0.05) is 6.07 Å². The number of nitro groups is 1. The van der Waals surface area contributed by atoms with Crippen molar-refractivity contribution in [3.8, 4) is 0 Å². The first-order valence-corrected chi connectivity index (χ1v) is 10.2. The van der Waals surface area contributed by atoms with E-state index in [9.17, 15) is 24.5 Å². The molecule has 2 aromatic rings. The molecule has 12 heteroatoms. The molecule has 172 valence electrons. The molecule has 3 rings (SSSR count). The molecule has 3 N–H and O–H groups in total. The number of hydrogen-bond donors (Lipinski definition) is 2. The summed E-state index contributed by atoms with van der Waals surface area (Å²) in [7, 11) is 1.48. The van der Waals surface area contributed by atoms with Gasteiger partial charge in [-0.25, -0.2) is 9.36 Å². The van der Waals surface area contributed by atoms with E-state index in [0.29, 0.717) is 13.1 Å². The van der Waals surface area contributed by atoms with Crippen LogP contribution in [0.25, 0.3) is 0 Å². The van der Waals surface area contributed by atoms with Crippen LogP contribution < -0.4 is 27.2 Å². The Labute approximate surface area is 183 Å². The minimum Gasteiger partial charge on any atom is -0.383 e. The van der Waals surface area contributed by atoms with Crippen LogP contribution in [0.5, 0.6) is 0 Å².